The third-order valence-corrected chi connectivity index (χ3v) is 20.1. The van der Waals surface area contributed by atoms with Gasteiger partial charge >= 0.3 is 5.97 Å². The van der Waals surface area contributed by atoms with Gasteiger partial charge in [0.25, 0.3) is 0 Å². The minimum Gasteiger partial charge on any atom is -0.466 e. The summed E-state index contributed by atoms with van der Waals surface area (Å²) in [6, 6.07) is -0.538. The molecule has 0 fully saturated rings. The molecule has 0 aromatic carbocycles. The van der Waals surface area contributed by atoms with E-state index < -0.39 is 12.1 Å². The monoisotopic (exact) mass is 1270 g/mol. The van der Waals surface area contributed by atoms with E-state index in [1.54, 1.807) is 0 Å². The van der Waals surface area contributed by atoms with Crippen molar-refractivity contribution >= 4 is 11.9 Å². The SMILES string of the molecule is CCCC/C=C\CCCCCCCC(=O)OCCCCCCCCCCCCCCCCCCCCCCCCCCCCCCCCCCCCCCCC(=O)NC(CO)C(O)CCCCCCCCCCCCCCCCCCCCCCCCCCC. The molecule has 2 unspecified atom stereocenters. The van der Waals surface area contributed by atoms with Crippen LogP contribution in [0.5, 0.6) is 0 Å². The van der Waals surface area contributed by atoms with Gasteiger partial charge in [-0.25, -0.2) is 0 Å². The zero-order valence-electron chi connectivity index (χ0n) is 61.7. The molecule has 0 aliphatic carbocycles. The predicted molar refractivity (Wildman–Crippen MR) is 398 cm³/mol. The molecule has 1 amide bonds. The van der Waals surface area contributed by atoms with Gasteiger partial charge in [0.15, 0.2) is 0 Å². The molecule has 0 spiro atoms. The number of hydrogen-bond acceptors (Lipinski definition) is 5. The Morgan fingerprint density at radius 1 is 0.300 bits per heavy atom. The van der Waals surface area contributed by atoms with Gasteiger partial charge in [-0.3, -0.25) is 9.59 Å². The maximum absolute atomic E-state index is 12.6. The van der Waals surface area contributed by atoms with Gasteiger partial charge in [0.1, 0.15) is 0 Å². The molecule has 2 atom stereocenters. The summed E-state index contributed by atoms with van der Waals surface area (Å²) >= 11 is 0. The molecule has 0 radical (unpaired) electrons. The summed E-state index contributed by atoms with van der Waals surface area (Å²) in [6.07, 6.45) is 102. The molecule has 0 aromatic rings. The van der Waals surface area contributed by atoms with Crippen molar-refractivity contribution in [3.05, 3.63) is 12.2 Å². The largest absolute Gasteiger partial charge is 0.466 e. The van der Waals surface area contributed by atoms with Gasteiger partial charge in [-0.1, -0.05) is 443 Å². The van der Waals surface area contributed by atoms with Crippen molar-refractivity contribution in [3.63, 3.8) is 0 Å². The van der Waals surface area contributed by atoms with Crippen LogP contribution in [0.4, 0.5) is 0 Å². The molecule has 0 saturated heterocycles. The summed E-state index contributed by atoms with van der Waals surface area (Å²) < 4.78 is 5.48. The summed E-state index contributed by atoms with van der Waals surface area (Å²) in [7, 11) is 0. The summed E-state index contributed by atoms with van der Waals surface area (Å²) in [4.78, 5) is 24.6. The van der Waals surface area contributed by atoms with E-state index in [0.717, 1.165) is 44.9 Å². The van der Waals surface area contributed by atoms with E-state index >= 15 is 0 Å². The normalized spacial score (nSPS) is 12.4. The lowest BCUT2D eigenvalue weighted by atomic mass is 10.0. The van der Waals surface area contributed by atoms with Crippen LogP contribution >= 0.6 is 0 Å². The molecule has 90 heavy (non-hydrogen) atoms. The number of aliphatic hydroxyl groups excluding tert-OH is 2. The van der Waals surface area contributed by atoms with Gasteiger partial charge in [-0.15, -0.1) is 0 Å². The molecule has 3 N–H and O–H groups in total. The van der Waals surface area contributed by atoms with Gasteiger partial charge in [-0.05, 0) is 44.9 Å². The lowest BCUT2D eigenvalue weighted by molar-refractivity contribution is -0.143. The molecule has 0 saturated carbocycles. The molecule has 0 aliphatic heterocycles. The standard InChI is InChI=1S/C84H165NO5/c1-3-5-7-9-11-13-15-16-17-18-19-20-21-35-38-41-44-47-50-53-57-60-64-68-72-76-82(87)81(80-86)85-83(88)77-73-69-65-61-58-54-51-48-45-42-39-36-33-31-29-27-25-23-22-24-26-28-30-32-34-37-40-43-46-49-52-55-59-63-67-71-75-79-90-84(89)78-74-70-66-62-56-14-12-10-8-6-4-2/h10,12,81-82,86-87H,3-9,11,13-80H2,1-2H3,(H,85,88)/b12-10-. The molecule has 6 nitrogen and oxygen atoms in total. The minimum atomic E-state index is -0.661. The molecular formula is C84H165NO5. The highest BCUT2D eigenvalue weighted by Gasteiger charge is 2.20. The first kappa shape index (κ1) is 88.6. The van der Waals surface area contributed by atoms with Crippen LogP contribution < -0.4 is 5.32 Å². The van der Waals surface area contributed by atoms with E-state index in [-0.39, 0.29) is 18.5 Å². The van der Waals surface area contributed by atoms with E-state index in [1.165, 1.54) is 411 Å². The van der Waals surface area contributed by atoms with Crippen molar-refractivity contribution in [1.29, 1.82) is 0 Å². The first-order valence-electron chi connectivity index (χ1n) is 41.9. The Balaban J connectivity index is 3.31. The fraction of sp³-hybridized carbons (Fsp3) is 0.952. The number of esters is 1. The summed E-state index contributed by atoms with van der Waals surface area (Å²) in [5.74, 6) is -0.00921. The first-order valence-corrected chi connectivity index (χ1v) is 41.9. The van der Waals surface area contributed by atoms with Crippen molar-refractivity contribution in [2.24, 2.45) is 0 Å². The number of carbonyl (C=O) groups is 2. The number of aliphatic hydroxyl groups is 2. The predicted octanol–water partition coefficient (Wildman–Crippen LogP) is 27.8. The Bertz CT molecular complexity index is 1370. The molecule has 6 heteroatoms. The molecule has 0 heterocycles. The number of amides is 1. The number of ether oxygens (including phenoxy) is 1. The molecule has 536 valence electrons. The van der Waals surface area contributed by atoms with Crippen molar-refractivity contribution < 1.29 is 24.5 Å². The number of hydrogen-bond donors (Lipinski definition) is 3. The third kappa shape index (κ3) is 75.6. The van der Waals surface area contributed by atoms with Crippen LogP contribution in [-0.4, -0.2) is 47.4 Å². The van der Waals surface area contributed by atoms with Crippen molar-refractivity contribution in [2.45, 2.75) is 501 Å². The van der Waals surface area contributed by atoms with E-state index in [9.17, 15) is 19.8 Å². The van der Waals surface area contributed by atoms with E-state index in [2.05, 4.69) is 31.3 Å². The Labute approximate surface area is 565 Å². The Kier molecular flexibility index (Phi) is 78.8. The minimum absolute atomic E-state index is 0.0133. The average Bonchev–Trinajstić information content (AvgIpc) is 3.62. The van der Waals surface area contributed by atoms with E-state index in [4.69, 9.17) is 4.74 Å². The third-order valence-electron chi connectivity index (χ3n) is 20.1. The fourth-order valence-corrected chi connectivity index (χ4v) is 13.7. The van der Waals surface area contributed by atoms with Gasteiger partial charge in [-0.2, -0.15) is 0 Å². The molecular weight excluding hydrogens is 1100 g/mol. The van der Waals surface area contributed by atoms with Crippen molar-refractivity contribution in [1.82, 2.24) is 5.32 Å². The average molecular weight is 1270 g/mol. The number of rotatable bonds is 80. The molecule has 0 bridgehead atoms. The van der Waals surface area contributed by atoms with Crippen molar-refractivity contribution in [3.8, 4) is 0 Å². The lowest BCUT2D eigenvalue weighted by Gasteiger charge is -2.22. The van der Waals surface area contributed by atoms with Crippen LogP contribution in [0, 0.1) is 0 Å². The summed E-state index contributed by atoms with van der Waals surface area (Å²) in [5, 5.41) is 23.5. The topological polar surface area (TPSA) is 95.9 Å². The van der Waals surface area contributed by atoms with Gasteiger partial charge in [0.2, 0.25) is 5.91 Å². The van der Waals surface area contributed by atoms with Gasteiger partial charge in [0.05, 0.1) is 25.4 Å². The number of unbranched alkanes of at least 4 members (excludes halogenated alkanes) is 67. The van der Waals surface area contributed by atoms with Gasteiger partial charge < -0.3 is 20.3 Å². The number of allylic oxidation sites excluding steroid dienone is 2. The highest BCUT2D eigenvalue weighted by Crippen LogP contribution is 2.21. The second kappa shape index (κ2) is 80.0. The quantitative estimate of drug-likeness (QED) is 0.0320. The highest BCUT2D eigenvalue weighted by molar-refractivity contribution is 5.76. The summed E-state index contributed by atoms with van der Waals surface area (Å²) in [5.41, 5.74) is 0. The van der Waals surface area contributed by atoms with Gasteiger partial charge in [0, 0.05) is 12.8 Å². The zero-order valence-corrected chi connectivity index (χ0v) is 61.7. The Morgan fingerprint density at radius 2 is 0.533 bits per heavy atom. The van der Waals surface area contributed by atoms with Crippen LogP contribution in [0.2, 0.25) is 0 Å². The maximum Gasteiger partial charge on any atom is 0.305 e. The first-order chi connectivity index (χ1) is 44.5. The molecule has 0 rings (SSSR count). The zero-order chi connectivity index (χ0) is 64.9. The lowest BCUT2D eigenvalue weighted by Crippen LogP contribution is -2.45. The highest BCUT2D eigenvalue weighted by atomic mass is 16.5. The van der Waals surface area contributed by atoms with Crippen LogP contribution in [0.3, 0.4) is 0 Å². The number of carbonyl (C=O) groups excluding carboxylic acids is 2. The van der Waals surface area contributed by atoms with Crippen LogP contribution in [0.15, 0.2) is 12.2 Å². The van der Waals surface area contributed by atoms with E-state index in [1.807, 2.05) is 0 Å². The molecule has 0 aromatic heterocycles. The maximum atomic E-state index is 12.6. The van der Waals surface area contributed by atoms with E-state index in [0.29, 0.717) is 25.9 Å². The smallest absolute Gasteiger partial charge is 0.305 e. The Hall–Kier alpha value is -1.40. The second-order valence-electron chi connectivity index (χ2n) is 29.2. The number of nitrogens with one attached hydrogen (secondary N) is 1. The van der Waals surface area contributed by atoms with Crippen LogP contribution in [0.1, 0.15) is 489 Å². The molecule has 0 aliphatic rings. The van der Waals surface area contributed by atoms with Crippen LogP contribution in [-0.2, 0) is 14.3 Å². The van der Waals surface area contributed by atoms with Crippen LogP contribution in [0.25, 0.3) is 0 Å². The summed E-state index contributed by atoms with van der Waals surface area (Å²) in [6.45, 7) is 4.97. The fourth-order valence-electron chi connectivity index (χ4n) is 13.7. The second-order valence-corrected chi connectivity index (χ2v) is 29.2. The Morgan fingerprint density at radius 3 is 0.822 bits per heavy atom. The van der Waals surface area contributed by atoms with Crippen molar-refractivity contribution in [2.75, 3.05) is 13.2 Å².